The normalized spacial score (nSPS) is 25.3. The maximum Gasteiger partial charge on any atom is 0.326 e. The lowest BCUT2D eigenvalue weighted by molar-refractivity contribution is -0.152. The van der Waals surface area contributed by atoms with Crippen LogP contribution >= 0.6 is 0 Å². The van der Waals surface area contributed by atoms with Gasteiger partial charge in [-0.3, -0.25) is 4.79 Å². The van der Waals surface area contributed by atoms with Gasteiger partial charge in [0.15, 0.2) is 0 Å². The molecule has 1 aromatic rings. The van der Waals surface area contributed by atoms with E-state index in [0.717, 1.165) is 30.5 Å². The maximum atomic E-state index is 12.5. The smallest absolute Gasteiger partial charge is 0.326 e. The molecule has 5 nitrogen and oxygen atoms in total. The van der Waals surface area contributed by atoms with Crippen molar-refractivity contribution < 1.29 is 14.7 Å². The molecule has 5 heteroatoms. The van der Waals surface area contributed by atoms with Crippen LogP contribution in [-0.4, -0.2) is 40.5 Å². The molecular weight excluding hydrogens is 256 g/mol. The Hall–Kier alpha value is -1.88. The van der Waals surface area contributed by atoms with Gasteiger partial charge in [-0.25, -0.2) is 4.79 Å². The number of nitrogens with zero attached hydrogens (tertiary/aromatic N) is 1. The largest absolute Gasteiger partial charge is 0.480 e. The molecule has 2 atom stereocenters. The standard InChI is InChI=1S/C15H18N2O3/c18-14(12-6-3-7-16-12)17-9-11-5-2-1-4-10(11)8-13(17)15(19)20/h1-2,4-5,12-13,16H,3,6-9H2,(H,19,20)/t12-,13?/m0/s1. The molecule has 3 rings (SSSR count). The van der Waals surface area contributed by atoms with Crippen LogP contribution in [0.3, 0.4) is 0 Å². The van der Waals surface area contributed by atoms with E-state index < -0.39 is 12.0 Å². The second-order valence-corrected chi connectivity index (χ2v) is 5.44. The molecule has 0 bridgehead atoms. The minimum atomic E-state index is -0.925. The van der Waals surface area contributed by atoms with Gasteiger partial charge in [-0.2, -0.15) is 0 Å². The number of nitrogens with one attached hydrogen (secondary N) is 1. The van der Waals surface area contributed by atoms with Crippen LogP contribution in [0.15, 0.2) is 24.3 Å². The van der Waals surface area contributed by atoms with Gasteiger partial charge in [0.05, 0.1) is 6.04 Å². The zero-order valence-electron chi connectivity index (χ0n) is 11.2. The van der Waals surface area contributed by atoms with Crippen LogP contribution in [-0.2, 0) is 22.6 Å². The van der Waals surface area contributed by atoms with E-state index in [0.29, 0.717) is 13.0 Å². The molecule has 0 saturated carbocycles. The molecule has 2 N–H and O–H groups in total. The molecule has 0 spiro atoms. The Morgan fingerprint density at radius 3 is 2.65 bits per heavy atom. The Kier molecular flexibility index (Phi) is 3.44. The minimum Gasteiger partial charge on any atom is -0.480 e. The van der Waals surface area contributed by atoms with Gasteiger partial charge in [0, 0.05) is 13.0 Å². The van der Waals surface area contributed by atoms with Crippen LogP contribution in [0.5, 0.6) is 0 Å². The van der Waals surface area contributed by atoms with Crippen molar-refractivity contribution in [2.24, 2.45) is 0 Å². The van der Waals surface area contributed by atoms with Crippen LogP contribution in [0.2, 0.25) is 0 Å². The number of carbonyl (C=O) groups is 2. The number of carbonyl (C=O) groups excluding carboxylic acids is 1. The number of hydrogen-bond donors (Lipinski definition) is 2. The Labute approximate surface area is 117 Å². The highest BCUT2D eigenvalue weighted by atomic mass is 16.4. The molecule has 1 fully saturated rings. The molecule has 1 saturated heterocycles. The molecule has 106 valence electrons. The highest BCUT2D eigenvalue weighted by Crippen LogP contribution is 2.25. The molecule has 20 heavy (non-hydrogen) atoms. The van der Waals surface area contributed by atoms with Crippen molar-refractivity contribution in [1.29, 1.82) is 0 Å². The molecule has 0 radical (unpaired) electrons. The van der Waals surface area contributed by atoms with E-state index in [-0.39, 0.29) is 11.9 Å². The summed E-state index contributed by atoms with van der Waals surface area (Å²) in [6.45, 7) is 1.22. The van der Waals surface area contributed by atoms with E-state index in [2.05, 4.69) is 5.32 Å². The number of hydrogen-bond acceptors (Lipinski definition) is 3. The third-order valence-electron chi connectivity index (χ3n) is 4.18. The van der Waals surface area contributed by atoms with Gasteiger partial charge in [0.2, 0.25) is 5.91 Å². The van der Waals surface area contributed by atoms with Crippen molar-refractivity contribution in [3.05, 3.63) is 35.4 Å². The van der Waals surface area contributed by atoms with Crippen molar-refractivity contribution in [2.75, 3.05) is 6.54 Å². The summed E-state index contributed by atoms with van der Waals surface area (Å²) >= 11 is 0. The van der Waals surface area contributed by atoms with E-state index in [9.17, 15) is 14.7 Å². The van der Waals surface area contributed by atoms with Crippen molar-refractivity contribution >= 4 is 11.9 Å². The van der Waals surface area contributed by atoms with Crippen LogP contribution in [0.25, 0.3) is 0 Å². The molecule has 2 aliphatic heterocycles. The summed E-state index contributed by atoms with van der Waals surface area (Å²) in [5.74, 6) is -1.00. The van der Waals surface area contributed by atoms with Gasteiger partial charge in [-0.15, -0.1) is 0 Å². The predicted molar refractivity (Wildman–Crippen MR) is 73.1 cm³/mol. The first kappa shape index (κ1) is 13.1. The molecular formula is C15H18N2O3. The van der Waals surface area contributed by atoms with Gasteiger partial charge in [-0.1, -0.05) is 24.3 Å². The highest BCUT2D eigenvalue weighted by Gasteiger charge is 2.37. The first-order valence-corrected chi connectivity index (χ1v) is 7.00. The number of benzene rings is 1. The molecule has 1 aromatic carbocycles. The second kappa shape index (κ2) is 5.25. The van der Waals surface area contributed by atoms with Crippen LogP contribution in [0, 0.1) is 0 Å². The summed E-state index contributed by atoms with van der Waals surface area (Å²) in [4.78, 5) is 25.5. The van der Waals surface area contributed by atoms with Crippen LogP contribution < -0.4 is 5.32 Å². The average molecular weight is 274 g/mol. The number of carboxylic acids is 1. The molecule has 0 aliphatic carbocycles. The quantitative estimate of drug-likeness (QED) is 0.836. The second-order valence-electron chi connectivity index (χ2n) is 5.44. The number of aliphatic carboxylic acids is 1. The average Bonchev–Trinajstić information content (AvgIpc) is 2.99. The Bertz CT molecular complexity index is 538. The Morgan fingerprint density at radius 1 is 1.25 bits per heavy atom. The molecule has 1 unspecified atom stereocenters. The summed E-state index contributed by atoms with van der Waals surface area (Å²) in [5, 5.41) is 12.6. The van der Waals surface area contributed by atoms with Gasteiger partial charge in [0.25, 0.3) is 0 Å². The van der Waals surface area contributed by atoms with E-state index >= 15 is 0 Å². The monoisotopic (exact) mass is 274 g/mol. The first-order chi connectivity index (χ1) is 9.66. The van der Waals surface area contributed by atoms with Crippen LogP contribution in [0.1, 0.15) is 24.0 Å². The first-order valence-electron chi connectivity index (χ1n) is 7.00. The zero-order chi connectivity index (χ0) is 14.1. The summed E-state index contributed by atoms with van der Waals surface area (Å²) in [6, 6.07) is 6.78. The number of fused-ring (bicyclic) bond motifs is 1. The van der Waals surface area contributed by atoms with Crippen molar-refractivity contribution in [2.45, 2.75) is 37.9 Å². The summed E-state index contributed by atoms with van der Waals surface area (Å²) in [6.07, 6.45) is 2.16. The lowest BCUT2D eigenvalue weighted by atomic mass is 9.93. The van der Waals surface area contributed by atoms with Crippen LogP contribution in [0.4, 0.5) is 0 Å². The number of amides is 1. The van der Waals surface area contributed by atoms with Crippen molar-refractivity contribution in [3.63, 3.8) is 0 Å². The summed E-state index contributed by atoms with van der Waals surface area (Å²) < 4.78 is 0. The summed E-state index contributed by atoms with van der Waals surface area (Å²) in [5.41, 5.74) is 2.08. The van der Waals surface area contributed by atoms with E-state index in [1.807, 2.05) is 24.3 Å². The molecule has 2 heterocycles. The molecule has 1 amide bonds. The third kappa shape index (κ3) is 2.29. The Morgan fingerprint density at radius 2 is 2.00 bits per heavy atom. The number of carboxylic acid groups (broad SMARTS) is 1. The topological polar surface area (TPSA) is 69.6 Å². The van der Waals surface area contributed by atoms with Crippen molar-refractivity contribution in [3.8, 4) is 0 Å². The van der Waals surface area contributed by atoms with Gasteiger partial charge < -0.3 is 15.3 Å². The predicted octanol–water partition coefficient (Wildman–Crippen LogP) is 0.776. The highest BCUT2D eigenvalue weighted by molar-refractivity contribution is 5.88. The maximum absolute atomic E-state index is 12.5. The molecule has 0 aromatic heterocycles. The molecule has 2 aliphatic rings. The van der Waals surface area contributed by atoms with Crippen molar-refractivity contribution in [1.82, 2.24) is 10.2 Å². The summed E-state index contributed by atoms with van der Waals surface area (Å²) in [7, 11) is 0. The zero-order valence-corrected chi connectivity index (χ0v) is 11.2. The SMILES string of the molecule is O=C(O)C1Cc2ccccc2CN1C(=O)[C@@H]1CCCN1. The lowest BCUT2D eigenvalue weighted by Gasteiger charge is -2.36. The fourth-order valence-electron chi connectivity index (χ4n) is 3.07. The fourth-order valence-corrected chi connectivity index (χ4v) is 3.07. The van der Waals surface area contributed by atoms with E-state index in [1.165, 1.54) is 4.90 Å². The van der Waals surface area contributed by atoms with E-state index in [1.54, 1.807) is 0 Å². The lowest BCUT2D eigenvalue weighted by Crippen LogP contribution is -2.53. The van der Waals surface area contributed by atoms with Gasteiger partial charge >= 0.3 is 5.97 Å². The minimum absolute atomic E-state index is 0.0793. The van der Waals surface area contributed by atoms with Gasteiger partial charge in [0.1, 0.15) is 6.04 Å². The fraction of sp³-hybridized carbons (Fsp3) is 0.467. The number of rotatable bonds is 2. The third-order valence-corrected chi connectivity index (χ3v) is 4.18. The van der Waals surface area contributed by atoms with Gasteiger partial charge in [-0.05, 0) is 30.5 Å². The van der Waals surface area contributed by atoms with E-state index in [4.69, 9.17) is 0 Å². The Balaban J connectivity index is 1.88.